The number of carboxylic acid groups (broad SMARTS) is 1. The molecule has 1 aliphatic rings. The van der Waals surface area contributed by atoms with Gasteiger partial charge in [0.25, 0.3) is 21.8 Å². The number of sulfonamides is 1. The molecule has 12 heteroatoms. The van der Waals surface area contributed by atoms with Crippen LogP contribution in [0, 0.1) is 11.8 Å². The predicted molar refractivity (Wildman–Crippen MR) is 145 cm³/mol. The molecule has 0 fully saturated rings. The number of halogens is 1. The van der Waals surface area contributed by atoms with Gasteiger partial charge in [0, 0.05) is 18.7 Å². The van der Waals surface area contributed by atoms with Gasteiger partial charge in [-0.05, 0) is 61.4 Å². The molecule has 0 aliphatic carbocycles. The molecule has 0 bridgehead atoms. The van der Waals surface area contributed by atoms with Crippen LogP contribution in [0.1, 0.15) is 22.8 Å². The number of carbonyl (C=O) groups is 3. The van der Waals surface area contributed by atoms with Gasteiger partial charge in [0.2, 0.25) is 0 Å². The maximum absolute atomic E-state index is 12.9. The monoisotopic (exact) mass is 571 g/mol. The Morgan fingerprint density at radius 3 is 2.59 bits per heavy atom. The number of rotatable bonds is 10. The maximum atomic E-state index is 12.9. The average molecular weight is 572 g/mol. The zero-order valence-corrected chi connectivity index (χ0v) is 22.7. The van der Waals surface area contributed by atoms with Crippen LogP contribution in [0.5, 0.6) is 5.75 Å². The van der Waals surface area contributed by atoms with Crippen LogP contribution in [0.2, 0.25) is 5.02 Å². The van der Waals surface area contributed by atoms with E-state index in [0.717, 1.165) is 0 Å². The number of aliphatic carboxylic acids is 1. The van der Waals surface area contributed by atoms with Gasteiger partial charge in [0.05, 0.1) is 29.1 Å². The predicted octanol–water partition coefficient (Wildman–Crippen LogP) is 2.36. The van der Waals surface area contributed by atoms with Gasteiger partial charge in [-0.25, -0.2) is 17.9 Å². The Balaban J connectivity index is 1.66. The molecular formula is C27H26ClN3O7S. The quantitative estimate of drug-likeness (QED) is 0.369. The van der Waals surface area contributed by atoms with E-state index in [-0.39, 0.29) is 46.4 Å². The number of benzene rings is 2. The summed E-state index contributed by atoms with van der Waals surface area (Å²) in [5.41, 5.74) is 0.873. The molecule has 204 valence electrons. The zero-order chi connectivity index (χ0) is 28.6. The molecule has 2 aromatic rings. The van der Waals surface area contributed by atoms with E-state index in [1.807, 2.05) is 4.72 Å². The van der Waals surface area contributed by atoms with Crippen molar-refractivity contribution in [1.29, 1.82) is 0 Å². The summed E-state index contributed by atoms with van der Waals surface area (Å²) in [7, 11) is -2.76. The number of hydrogen-bond donors (Lipinski definition) is 3. The van der Waals surface area contributed by atoms with Crippen LogP contribution in [0.15, 0.2) is 70.8 Å². The normalized spacial score (nSPS) is 12.8. The van der Waals surface area contributed by atoms with Crippen LogP contribution in [0.3, 0.4) is 0 Å². The fourth-order valence-electron chi connectivity index (χ4n) is 3.63. The van der Waals surface area contributed by atoms with E-state index >= 15 is 0 Å². The Labute approximate surface area is 231 Å². The first-order chi connectivity index (χ1) is 18.6. The molecule has 0 atom stereocenters. The summed E-state index contributed by atoms with van der Waals surface area (Å²) in [6.07, 6.45) is 2.82. The summed E-state index contributed by atoms with van der Waals surface area (Å²) in [6, 6.07) is 10.7. The number of nitrogens with one attached hydrogen (secondary N) is 2. The summed E-state index contributed by atoms with van der Waals surface area (Å²) in [5.74, 6) is 3.41. The second kappa shape index (κ2) is 13.0. The Bertz CT molecular complexity index is 1520. The maximum Gasteiger partial charge on any atom is 0.352 e. The molecule has 39 heavy (non-hydrogen) atoms. The Hall–Kier alpha value is -4.27. The molecule has 0 saturated heterocycles. The molecular weight excluding hydrogens is 546 g/mol. The number of carbonyl (C=O) groups excluding carboxylic acids is 2. The fraction of sp³-hybridized carbons (Fsp3) is 0.222. The van der Waals surface area contributed by atoms with Crippen molar-refractivity contribution in [3.63, 3.8) is 0 Å². The van der Waals surface area contributed by atoms with E-state index < -0.39 is 27.8 Å². The molecule has 3 rings (SSSR count). The fourth-order valence-corrected chi connectivity index (χ4v) is 4.89. The van der Waals surface area contributed by atoms with Gasteiger partial charge in [0.15, 0.2) is 0 Å². The second-order valence-electron chi connectivity index (χ2n) is 8.27. The molecule has 0 radical (unpaired) electrons. The van der Waals surface area contributed by atoms with Crippen LogP contribution in [0.25, 0.3) is 0 Å². The van der Waals surface area contributed by atoms with Crippen molar-refractivity contribution in [1.82, 2.24) is 14.9 Å². The Morgan fingerprint density at radius 1 is 1.13 bits per heavy atom. The van der Waals surface area contributed by atoms with E-state index in [1.54, 1.807) is 25.1 Å². The lowest BCUT2D eigenvalue weighted by Gasteiger charge is -2.26. The largest absolute Gasteiger partial charge is 0.497 e. The molecule has 0 aromatic heterocycles. The van der Waals surface area contributed by atoms with Gasteiger partial charge in [-0.2, -0.15) is 0 Å². The van der Waals surface area contributed by atoms with Crippen LogP contribution in [-0.2, 0) is 26.0 Å². The molecule has 2 aromatic carbocycles. The minimum absolute atomic E-state index is 0.0503. The van der Waals surface area contributed by atoms with Crippen LogP contribution < -0.4 is 14.8 Å². The van der Waals surface area contributed by atoms with E-state index in [2.05, 4.69) is 17.2 Å². The summed E-state index contributed by atoms with van der Waals surface area (Å²) in [5, 5.41) is 12.4. The van der Waals surface area contributed by atoms with E-state index in [4.69, 9.17) is 16.3 Å². The number of amides is 2. The number of nitrogens with zero attached hydrogens (tertiary/aromatic N) is 1. The smallest absolute Gasteiger partial charge is 0.352 e. The number of methoxy groups -OCH3 is 1. The first-order valence-corrected chi connectivity index (χ1v) is 13.5. The summed E-state index contributed by atoms with van der Waals surface area (Å²) in [6.45, 7) is 1.74. The molecule has 0 spiro atoms. The first kappa shape index (κ1) is 29.3. The summed E-state index contributed by atoms with van der Waals surface area (Å²) < 4.78 is 33.0. The van der Waals surface area contributed by atoms with Crippen molar-refractivity contribution < 1.29 is 32.6 Å². The number of allylic oxidation sites excluding steroid dienone is 2. The average Bonchev–Trinajstić information content (AvgIpc) is 2.91. The standard InChI is InChI=1S/C27H26ClN3O7S/c1-3-4-14-31-17-19(8-11-24(31)27(34)35)25(32)30-39(36,37)21-7-5-6-18(15-21)12-13-29-26(33)22-16-20(38-2)9-10-23(22)28/h5-11,15-16H,12-14,17H2,1-2H3,(H,29,33)(H,30,32)(H,34,35). The zero-order valence-electron chi connectivity index (χ0n) is 21.2. The van der Waals surface area contributed by atoms with E-state index in [1.165, 1.54) is 48.4 Å². The number of carboxylic acids is 1. The highest BCUT2D eigenvalue weighted by atomic mass is 35.5. The minimum Gasteiger partial charge on any atom is -0.497 e. The highest BCUT2D eigenvalue weighted by molar-refractivity contribution is 7.90. The molecule has 0 unspecified atom stereocenters. The molecule has 10 nitrogen and oxygen atoms in total. The molecule has 0 saturated carbocycles. The highest BCUT2D eigenvalue weighted by Crippen LogP contribution is 2.22. The summed E-state index contributed by atoms with van der Waals surface area (Å²) in [4.78, 5) is 38.0. The third-order valence-corrected chi connectivity index (χ3v) is 7.31. The molecule has 2 amide bonds. The van der Waals surface area contributed by atoms with Crippen molar-refractivity contribution >= 4 is 39.4 Å². The number of hydrogen-bond acceptors (Lipinski definition) is 7. The topological polar surface area (TPSA) is 142 Å². The van der Waals surface area contributed by atoms with Gasteiger partial charge in [-0.1, -0.05) is 29.7 Å². The first-order valence-electron chi connectivity index (χ1n) is 11.6. The van der Waals surface area contributed by atoms with Crippen molar-refractivity contribution in [2.45, 2.75) is 18.2 Å². The second-order valence-corrected chi connectivity index (χ2v) is 10.4. The highest BCUT2D eigenvalue weighted by Gasteiger charge is 2.26. The van der Waals surface area contributed by atoms with E-state index in [0.29, 0.717) is 17.7 Å². The van der Waals surface area contributed by atoms with Gasteiger partial charge in [-0.3, -0.25) is 9.59 Å². The van der Waals surface area contributed by atoms with Crippen LogP contribution in [0.4, 0.5) is 0 Å². The van der Waals surface area contributed by atoms with Gasteiger partial charge < -0.3 is 20.1 Å². The van der Waals surface area contributed by atoms with Gasteiger partial charge in [-0.15, -0.1) is 5.92 Å². The van der Waals surface area contributed by atoms with Crippen molar-refractivity contribution in [3.05, 3.63) is 82.0 Å². The third-order valence-electron chi connectivity index (χ3n) is 5.65. The lowest BCUT2D eigenvalue weighted by atomic mass is 10.1. The van der Waals surface area contributed by atoms with Crippen molar-refractivity contribution in [3.8, 4) is 17.6 Å². The van der Waals surface area contributed by atoms with E-state index in [9.17, 15) is 27.9 Å². The van der Waals surface area contributed by atoms with Crippen molar-refractivity contribution in [2.24, 2.45) is 0 Å². The molecule has 1 heterocycles. The van der Waals surface area contributed by atoms with Crippen LogP contribution >= 0.6 is 11.6 Å². The van der Waals surface area contributed by atoms with Gasteiger partial charge >= 0.3 is 5.97 Å². The van der Waals surface area contributed by atoms with Gasteiger partial charge in [0.1, 0.15) is 11.4 Å². The summed E-state index contributed by atoms with van der Waals surface area (Å²) >= 11 is 6.10. The number of ether oxygens (including phenoxy) is 1. The minimum atomic E-state index is -4.24. The van der Waals surface area contributed by atoms with Crippen LogP contribution in [-0.4, -0.2) is 63.0 Å². The Morgan fingerprint density at radius 2 is 1.90 bits per heavy atom. The Kier molecular flexibility index (Phi) is 9.76. The molecule has 3 N–H and O–H groups in total. The molecule has 1 aliphatic heterocycles. The lowest BCUT2D eigenvalue weighted by molar-refractivity contribution is -0.134. The SMILES string of the molecule is CC#CCN1CC(C(=O)NS(=O)(=O)c2cccc(CCNC(=O)c3cc(OC)ccc3Cl)c2)=CC=C1C(=O)O. The van der Waals surface area contributed by atoms with Crippen molar-refractivity contribution in [2.75, 3.05) is 26.7 Å². The third kappa shape index (κ3) is 7.63. The lowest BCUT2D eigenvalue weighted by Crippen LogP contribution is -2.39.